The van der Waals surface area contributed by atoms with E-state index in [0.717, 1.165) is 0 Å². The predicted octanol–water partition coefficient (Wildman–Crippen LogP) is 1.64. The Labute approximate surface area is 148 Å². The van der Waals surface area contributed by atoms with Crippen LogP contribution in [0.2, 0.25) is 0 Å². The number of hydrogen-bond donors (Lipinski definition) is 1. The first-order valence-electron chi connectivity index (χ1n) is 7.40. The molecule has 1 atom stereocenters. The van der Waals surface area contributed by atoms with Crippen LogP contribution in [0.5, 0.6) is 5.75 Å². The molecule has 10 heteroatoms. The van der Waals surface area contributed by atoms with Gasteiger partial charge in [0.15, 0.2) is 0 Å². The highest BCUT2D eigenvalue weighted by Crippen LogP contribution is 2.35. The minimum absolute atomic E-state index is 0.0499. The van der Waals surface area contributed by atoms with Gasteiger partial charge in [-0.2, -0.15) is 0 Å². The molecule has 1 heterocycles. The van der Waals surface area contributed by atoms with Crippen LogP contribution in [0, 0.1) is 10.1 Å². The van der Waals surface area contributed by atoms with E-state index >= 15 is 0 Å². The van der Waals surface area contributed by atoms with Gasteiger partial charge in [-0.1, -0.05) is 0 Å². The summed E-state index contributed by atoms with van der Waals surface area (Å²) in [6, 6.07) is 2.67. The van der Waals surface area contributed by atoms with Crippen molar-refractivity contribution in [2.45, 2.75) is 17.4 Å². The first kappa shape index (κ1) is 19.0. The van der Waals surface area contributed by atoms with Crippen molar-refractivity contribution < 1.29 is 29.1 Å². The SMILES string of the molecule is COc1cc([N+](=O)[O-])c(C(=O)N2CCOC(CC(=O)O)C2)cc1SC. The van der Waals surface area contributed by atoms with Crippen LogP contribution in [0.25, 0.3) is 0 Å². The number of morpholine rings is 1. The smallest absolute Gasteiger partial charge is 0.306 e. The van der Waals surface area contributed by atoms with Gasteiger partial charge in [0, 0.05) is 13.1 Å². The fourth-order valence-electron chi connectivity index (χ4n) is 2.58. The minimum atomic E-state index is -1.03. The molecule has 0 bridgehead atoms. The molecule has 1 amide bonds. The average molecular weight is 370 g/mol. The molecule has 1 aromatic carbocycles. The van der Waals surface area contributed by atoms with Crippen molar-refractivity contribution in [2.24, 2.45) is 0 Å². The van der Waals surface area contributed by atoms with Crippen molar-refractivity contribution in [3.05, 3.63) is 27.8 Å². The maximum absolute atomic E-state index is 12.8. The van der Waals surface area contributed by atoms with E-state index in [1.54, 1.807) is 6.26 Å². The van der Waals surface area contributed by atoms with Gasteiger partial charge in [0.05, 0.1) is 42.1 Å². The number of benzene rings is 1. The Morgan fingerprint density at radius 3 is 2.80 bits per heavy atom. The zero-order valence-corrected chi connectivity index (χ0v) is 14.6. The number of carboxylic acid groups (broad SMARTS) is 1. The molecule has 0 spiro atoms. The second-order valence-electron chi connectivity index (χ2n) is 5.32. The van der Waals surface area contributed by atoms with Crippen molar-refractivity contribution in [1.82, 2.24) is 4.90 Å². The number of amides is 1. The van der Waals surface area contributed by atoms with Gasteiger partial charge < -0.3 is 19.5 Å². The summed E-state index contributed by atoms with van der Waals surface area (Å²) in [4.78, 5) is 36.3. The number of thioether (sulfide) groups is 1. The van der Waals surface area contributed by atoms with Gasteiger partial charge in [0.25, 0.3) is 11.6 Å². The van der Waals surface area contributed by atoms with Crippen LogP contribution in [0.3, 0.4) is 0 Å². The van der Waals surface area contributed by atoms with E-state index < -0.39 is 22.9 Å². The molecular weight excluding hydrogens is 352 g/mol. The number of nitro groups is 1. The first-order chi connectivity index (χ1) is 11.9. The van der Waals surface area contributed by atoms with Gasteiger partial charge in [-0.15, -0.1) is 11.8 Å². The Balaban J connectivity index is 2.34. The predicted molar refractivity (Wildman–Crippen MR) is 89.3 cm³/mol. The molecule has 1 aromatic rings. The van der Waals surface area contributed by atoms with E-state index in [9.17, 15) is 19.7 Å². The monoisotopic (exact) mass is 370 g/mol. The molecule has 1 aliphatic rings. The van der Waals surface area contributed by atoms with Gasteiger partial charge in [0.1, 0.15) is 11.3 Å². The number of carbonyl (C=O) groups excluding carboxylic acids is 1. The molecule has 1 fully saturated rings. The lowest BCUT2D eigenvalue weighted by Crippen LogP contribution is -2.46. The Bertz CT molecular complexity index is 695. The highest BCUT2D eigenvalue weighted by molar-refractivity contribution is 7.98. The van der Waals surface area contributed by atoms with Gasteiger partial charge in [0.2, 0.25) is 0 Å². The summed E-state index contributed by atoms with van der Waals surface area (Å²) in [5.41, 5.74) is -0.396. The van der Waals surface area contributed by atoms with Crippen LogP contribution in [-0.4, -0.2) is 66.0 Å². The molecule has 1 N–H and O–H groups in total. The number of aliphatic carboxylic acids is 1. The summed E-state index contributed by atoms with van der Waals surface area (Å²) < 4.78 is 10.5. The number of ether oxygens (including phenoxy) is 2. The summed E-state index contributed by atoms with van der Waals surface area (Å²) in [7, 11) is 1.40. The number of carboxylic acids is 1. The molecule has 0 saturated carbocycles. The van der Waals surface area contributed by atoms with E-state index in [4.69, 9.17) is 14.6 Å². The Morgan fingerprint density at radius 1 is 1.52 bits per heavy atom. The van der Waals surface area contributed by atoms with E-state index in [2.05, 4.69) is 0 Å². The van der Waals surface area contributed by atoms with Crippen LogP contribution >= 0.6 is 11.8 Å². The Kier molecular flexibility index (Phi) is 6.21. The van der Waals surface area contributed by atoms with Crippen molar-refractivity contribution in [3.63, 3.8) is 0 Å². The second kappa shape index (κ2) is 8.17. The number of rotatable bonds is 6. The number of nitro benzene ring substituents is 1. The van der Waals surface area contributed by atoms with E-state index in [-0.39, 0.29) is 37.4 Å². The zero-order chi connectivity index (χ0) is 18.6. The van der Waals surface area contributed by atoms with Gasteiger partial charge >= 0.3 is 5.97 Å². The second-order valence-corrected chi connectivity index (χ2v) is 6.17. The molecular formula is C15H18N2O7S. The van der Waals surface area contributed by atoms with Gasteiger partial charge in [-0.3, -0.25) is 19.7 Å². The molecule has 0 radical (unpaired) electrons. The molecule has 1 unspecified atom stereocenters. The van der Waals surface area contributed by atoms with Crippen LogP contribution in [-0.2, 0) is 9.53 Å². The van der Waals surface area contributed by atoms with Gasteiger partial charge in [-0.05, 0) is 12.3 Å². The average Bonchev–Trinajstić information content (AvgIpc) is 2.59. The van der Waals surface area contributed by atoms with Crippen LogP contribution in [0.15, 0.2) is 17.0 Å². The van der Waals surface area contributed by atoms with Crippen LogP contribution in [0.1, 0.15) is 16.8 Å². The van der Waals surface area contributed by atoms with Crippen molar-refractivity contribution in [1.29, 1.82) is 0 Å². The van der Waals surface area contributed by atoms with Crippen molar-refractivity contribution in [3.8, 4) is 5.75 Å². The third-order valence-corrected chi connectivity index (χ3v) is 4.52. The maximum Gasteiger partial charge on any atom is 0.306 e. The largest absolute Gasteiger partial charge is 0.495 e. The molecule has 136 valence electrons. The van der Waals surface area contributed by atoms with E-state index in [0.29, 0.717) is 10.6 Å². The molecule has 0 aliphatic carbocycles. The normalized spacial score (nSPS) is 17.2. The molecule has 9 nitrogen and oxygen atoms in total. The third-order valence-electron chi connectivity index (χ3n) is 3.76. The van der Waals surface area contributed by atoms with Crippen molar-refractivity contribution in [2.75, 3.05) is 33.1 Å². The fourth-order valence-corrected chi connectivity index (χ4v) is 3.16. The minimum Gasteiger partial charge on any atom is -0.495 e. The maximum atomic E-state index is 12.8. The molecule has 0 aromatic heterocycles. The fraction of sp³-hybridized carbons (Fsp3) is 0.467. The van der Waals surface area contributed by atoms with E-state index in [1.807, 2.05) is 0 Å². The number of hydrogen-bond acceptors (Lipinski definition) is 7. The molecule has 25 heavy (non-hydrogen) atoms. The number of nitrogens with zero attached hydrogens (tertiary/aromatic N) is 2. The number of methoxy groups -OCH3 is 1. The quantitative estimate of drug-likeness (QED) is 0.456. The summed E-state index contributed by atoms with van der Waals surface area (Å²) in [5.74, 6) is -1.23. The Morgan fingerprint density at radius 2 is 2.24 bits per heavy atom. The van der Waals surface area contributed by atoms with Gasteiger partial charge in [-0.25, -0.2) is 0 Å². The third kappa shape index (κ3) is 4.40. The van der Waals surface area contributed by atoms with Crippen LogP contribution < -0.4 is 4.74 Å². The Hall–Kier alpha value is -2.33. The van der Waals surface area contributed by atoms with Crippen molar-refractivity contribution >= 4 is 29.3 Å². The summed E-state index contributed by atoms with van der Waals surface area (Å²) in [6.07, 6.45) is 0.910. The van der Waals surface area contributed by atoms with E-state index in [1.165, 1.54) is 35.9 Å². The lowest BCUT2D eigenvalue weighted by Gasteiger charge is -2.32. The highest BCUT2D eigenvalue weighted by atomic mass is 32.2. The molecule has 1 aliphatic heterocycles. The topological polar surface area (TPSA) is 119 Å². The lowest BCUT2D eigenvalue weighted by atomic mass is 10.1. The summed E-state index contributed by atoms with van der Waals surface area (Å²) in [6.45, 7) is 0.499. The van der Waals surface area contributed by atoms with Crippen LogP contribution in [0.4, 0.5) is 5.69 Å². The lowest BCUT2D eigenvalue weighted by molar-refractivity contribution is -0.385. The highest BCUT2D eigenvalue weighted by Gasteiger charge is 2.31. The number of carbonyl (C=O) groups is 2. The standard InChI is InChI=1S/C15H18N2O7S/c1-23-12-7-11(17(21)22)10(6-13(12)25-2)15(20)16-3-4-24-9(8-16)5-14(18)19/h6-7,9H,3-5,8H2,1-2H3,(H,18,19). The summed E-state index contributed by atoms with van der Waals surface area (Å²) >= 11 is 1.31. The molecule has 2 rings (SSSR count). The first-order valence-corrected chi connectivity index (χ1v) is 8.63. The summed E-state index contributed by atoms with van der Waals surface area (Å²) in [5, 5.41) is 20.2. The zero-order valence-electron chi connectivity index (χ0n) is 13.8. The molecule has 1 saturated heterocycles.